The van der Waals surface area contributed by atoms with E-state index in [0.29, 0.717) is 0 Å². The lowest BCUT2D eigenvalue weighted by atomic mass is 10.2. The Balaban J connectivity index is 2.26. The Morgan fingerprint density at radius 1 is 1.50 bits per heavy atom. The molecule has 1 heterocycles. The Labute approximate surface area is 104 Å². The zero-order valence-electron chi connectivity index (χ0n) is 8.83. The molecule has 0 aliphatic carbocycles. The highest BCUT2D eigenvalue weighted by molar-refractivity contribution is 7.99. The smallest absolute Gasteiger partial charge is 0.170 e. The Bertz CT molecular complexity index is 456. The molecule has 1 aromatic carbocycles. The number of aromatic amines is 1. The Kier molecular flexibility index (Phi) is 3.88. The number of rotatable bonds is 4. The van der Waals surface area contributed by atoms with Gasteiger partial charge in [0.25, 0.3) is 0 Å². The van der Waals surface area contributed by atoms with Crippen molar-refractivity contribution in [2.45, 2.75) is 16.6 Å². The number of hydrogen-bond acceptors (Lipinski definition) is 3. The van der Waals surface area contributed by atoms with Gasteiger partial charge in [-0.3, -0.25) is 0 Å². The molecule has 0 spiro atoms. The lowest BCUT2D eigenvalue weighted by Crippen LogP contribution is -2.06. The van der Waals surface area contributed by atoms with Gasteiger partial charge in [-0.05, 0) is 24.7 Å². The summed E-state index contributed by atoms with van der Waals surface area (Å²) >= 11 is 7.58. The van der Waals surface area contributed by atoms with E-state index in [-0.39, 0.29) is 0 Å². The molecular weight excluding hydrogens is 242 g/mol. The van der Waals surface area contributed by atoms with Crippen LogP contribution in [0.15, 0.2) is 40.6 Å². The van der Waals surface area contributed by atoms with Crippen molar-refractivity contribution in [3.8, 4) is 0 Å². The first kappa shape index (κ1) is 11.5. The molecule has 84 valence electrons. The van der Waals surface area contributed by atoms with Crippen LogP contribution in [0.1, 0.15) is 5.56 Å². The fourth-order valence-electron chi connectivity index (χ4n) is 1.37. The normalized spacial score (nSPS) is 10.6. The van der Waals surface area contributed by atoms with Crippen LogP contribution in [0.5, 0.6) is 0 Å². The van der Waals surface area contributed by atoms with Crippen molar-refractivity contribution in [1.82, 2.24) is 15.3 Å². The highest BCUT2D eigenvalue weighted by Gasteiger charge is 2.06. The molecule has 0 aliphatic heterocycles. The van der Waals surface area contributed by atoms with Gasteiger partial charge in [-0.1, -0.05) is 29.4 Å². The summed E-state index contributed by atoms with van der Waals surface area (Å²) in [5.41, 5.74) is 1.22. The molecular formula is C11H12ClN3S. The molecule has 0 saturated carbocycles. The van der Waals surface area contributed by atoms with Crippen molar-refractivity contribution in [3.05, 3.63) is 41.2 Å². The quantitative estimate of drug-likeness (QED) is 0.880. The molecule has 0 saturated heterocycles. The largest absolute Gasteiger partial charge is 0.339 e. The van der Waals surface area contributed by atoms with Crippen molar-refractivity contribution < 1.29 is 0 Å². The highest BCUT2D eigenvalue weighted by atomic mass is 35.5. The minimum absolute atomic E-state index is 0.744. The van der Waals surface area contributed by atoms with Gasteiger partial charge >= 0.3 is 0 Å². The zero-order valence-corrected chi connectivity index (χ0v) is 10.4. The van der Waals surface area contributed by atoms with Gasteiger partial charge in [-0.15, -0.1) is 0 Å². The first-order chi connectivity index (χ1) is 7.79. The molecule has 0 amide bonds. The fraction of sp³-hybridized carbons (Fsp3) is 0.182. The minimum atomic E-state index is 0.744. The molecule has 0 aliphatic rings. The van der Waals surface area contributed by atoms with E-state index in [1.807, 2.05) is 31.4 Å². The van der Waals surface area contributed by atoms with Gasteiger partial charge in [0.1, 0.15) is 0 Å². The van der Waals surface area contributed by atoms with E-state index in [1.165, 1.54) is 5.56 Å². The van der Waals surface area contributed by atoms with Crippen LogP contribution in [0.4, 0.5) is 0 Å². The van der Waals surface area contributed by atoms with Gasteiger partial charge in [-0.25, -0.2) is 4.98 Å². The molecule has 0 bridgehead atoms. The third-order valence-corrected chi connectivity index (χ3v) is 3.33. The summed E-state index contributed by atoms with van der Waals surface area (Å²) in [5, 5.41) is 4.76. The summed E-state index contributed by atoms with van der Waals surface area (Å²) in [4.78, 5) is 8.37. The Hall–Kier alpha value is -0.970. The molecule has 2 aromatic rings. The van der Waals surface area contributed by atoms with Gasteiger partial charge < -0.3 is 10.3 Å². The summed E-state index contributed by atoms with van der Waals surface area (Å²) in [7, 11) is 1.93. The number of H-pyrrole nitrogens is 1. The average molecular weight is 254 g/mol. The molecule has 5 heteroatoms. The predicted octanol–water partition coefficient (Wildman–Crippen LogP) is 2.93. The second kappa shape index (κ2) is 5.39. The summed E-state index contributed by atoms with van der Waals surface area (Å²) in [5.74, 6) is 0. The first-order valence-corrected chi connectivity index (χ1v) is 6.09. The van der Waals surface area contributed by atoms with Crippen molar-refractivity contribution in [3.63, 3.8) is 0 Å². The number of halogens is 1. The van der Waals surface area contributed by atoms with Crippen molar-refractivity contribution in [2.75, 3.05) is 7.05 Å². The number of nitrogens with zero attached hydrogens (tertiary/aromatic N) is 1. The number of imidazole rings is 1. The molecule has 0 radical (unpaired) electrons. The molecule has 2 rings (SSSR count). The van der Waals surface area contributed by atoms with E-state index in [2.05, 4.69) is 15.3 Å². The van der Waals surface area contributed by atoms with E-state index in [0.717, 1.165) is 21.6 Å². The maximum atomic E-state index is 5.99. The average Bonchev–Trinajstić information content (AvgIpc) is 2.75. The first-order valence-electron chi connectivity index (χ1n) is 4.90. The van der Waals surface area contributed by atoms with E-state index in [4.69, 9.17) is 11.6 Å². The van der Waals surface area contributed by atoms with Crippen LogP contribution in [0.2, 0.25) is 5.02 Å². The minimum Gasteiger partial charge on any atom is -0.339 e. The molecule has 0 fully saturated rings. The lowest BCUT2D eigenvalue weighted by Gasteiger charge is -2.07. The van der Waals surface area contributed by atoms with Crippen LogP contribution in [0, 0.1) is 0 Å². The predicted molar refractivity (Wildman–Crippen MR) is 66.9 cm³/mol. The van der Waals surface area contributed by atoms with Crippen LogP contribution >= 0.6 is 23.4 Å². The summed E-state index contributed by atoms with van der Waals surface area (Å²) in [6.07, 6.45) is 3.55. The number of hydrogen-bond donors (Lipinski definition) is 2. The van der Waals surface area contributed by atoms with Gasteiger partial charge in [-0.2, -0.15) is 0 Å². The molecule has 0 unspecified atom stereocenters. The second-order valence-corrected chi connectivity index (χ2v) is 4.75. The van der Waals surface area contributed by atoms with Crippen molar-refractivity contribution in [1.29, 1.82) is 0 Å². The Morgan fingerprint density at radius 3 is 3.06 bits per heavy atom. The van der Waals surface area contributed by atoms with Crippen LogP contribution in [0.25, 0.3) is 0 Å². The molecule has 16 heavy (non-hydrogen) atoms. The van der Waals surface area contributed by atoms with Gasteiger partial charge in [0.05, 0.1) is 0 Å². The van der Waals surface area contributed by atoms with Crippen LogP contribution in [-0.4, -0.2) is 17.0 Å². The molecule has 1 aromatic heterocycles. The van der Waals surface area contributed by atoms with Crippen molar-refractivity contribution >= 4 is 23.4 Å². The fourth-order valence-corrected chi connectivity index (χ4v) is 2.51. The summed E-state index contributed by atoms with van der Waals surface area (Å²) in [6.45, 7) is 0.820. The zero-order chi connectivity index (χ0) is 11.4. The summed E-state index contributed by atoms with van der Waals surface area (Å²) < 4.78 is 0. The SMILES string of the molecule is CNCc1ccc(Cl)cc1Sc1ncc[nH]1. The molecule has 3 nitrogen and oxygen atoms in total. The van der Waals surface area contributed by atoms with Crippen LogP contribution < -0.4 is 5.32 Å². The number of nitrogens with one attached hydrogen (secondary N) is 2. The van der Waals surface area contributed by atoms with Crippen LogP contribution in [0.3, 0.4) is 0 Å². The third kappa shape index (κ3) is 2.78. The maximum Gasteiger partial charge on any atom is 0.170 e. The maximum absolute atomic E-state index is 5.99. The summed E-state index contributed by atoms with van der Waals surface area (Å²) in [6, 6.07) is 5.89. The topological polar surface area (TPSA) is 40.7 Å². The van der Waals surface area contributed by atoms with E-state index < -0.39 is 0 Å². The second-order valence-electron chi connectivity index (χ2n) is 3.28. The van der Waals surface area contributed by atoms with Gasteiger partial charge in [0.2, 0.25) is 0 Å². The standard InChI is InChI=1S/C11H12ClN3S/c1-13-7-8-2-3-9(12)6-10(8)16-11-14-4-5-15-11/h2-6,13H,7H2,1H3,(H,14,15). The Morgan fingerprint density at radius 2 is 2.38 bits per heavy atom. The van der Waals surface area contributed by atoms with Crippen LogP contribution in [-0.2, 0) is 6.54 Å². The van der Waals surface area contributed by atoms with E-state index >= 15 is 0 Å². The van der Waals surface area contributed by atoms with Crippen molar-refractivity contribution in [2.24, 2.45) is 0 Å². The van der Waals surface area contributed by atoms with Gasteiger partial charge in [0.15, 0.2) is 5.16 Å². The monoisotopic (exact) mass is 253 g/mol. The molecule has 2 N–H and O–H groups in total. The number of aromatic nitrogens is 2. The van der Waals surface area contributed by atoms with E-state index in [1.54, 1.807) is 18.0 Å². The number of benzene rings is 1. The highest BCUT2D eigenvalue weighted by Crippen LogP contribution is 2.30. The molecule has 0 atom stereocenters. The van der Waals surface area contributed by atoms with Gasteiger partial charge in [0, 0.05) is 28.9 Å². The third-order valence-electron chi connectivity index (χ3n) is 2.08. The van der Waals surface area contributed by atoms with E-state index in [9.17, 15) is 0 Å². The lowest BCUT2D eigenvalue weighted by molar-refractivity contribution is 0.803.